The van der Waals surface area contributed by atoms with Gasteiger partial charge in [0.15, 0.2) is 0 Å². The summed E-state index contributed by atoms with van der Waals surface area (Å²) in [5.74, 6) is 0. The van der Waals surface area contributed by atoms with Crippen molar-refractivity contribution in [1.82, 2.24) is 0 Å². The molecule has 0 radical (unpaired) electrons. The van der Waals surface area contributed by atoms with Crippen LogP contribution < -0.4 is 10.4 Å². The van der Waals surface area contributed by atoms with Crippen LogP contribution in [-0.4, -0.2) is 14.9 Å². The Labute approximate surface area is 156 Å². The highest BCUT2D eigenvalue weighted by molar-refractivity contribution is 7.08. The first-order chi connectivity index (χ1) is 12.0. The highest BCUT2D eigenvalue weighted by Gasteiger charge is 2.49. The first kappa shape index (κ1) is 18.1. The Morgan fingerprint density at radius 2 is 1.40 bits per heavy atom. The lowest BCUT2D eigenvalue weighted by Gasteiger charge is -2.43. The third-order valence-electron chi connectivity index (χ3n) is 4.71. The average molecular weight is 367 g/mol. The first-order valence-electron chi connectivity index (χ1n) is 8.80. The molecule has 0 fully saturated rings. The van der Waals surface area contributed by atoms with Crippen molar-refractivity contribution in [1.29, 1.82) is 0 Å². The Morgan fingerprint density at radius 1 is 0.840 bits per heavy atom. The molecule has 25 heavy (non-hydrogen) atoms. The van der Waals surface area contributed by atoms with Gasteiger partial charge in [-0.2, -0.15) is 11.3 Å². The molecule has 0 unspecified atom stereocenters. The van der Waals surface area contributed by atoms with Crippen molar-refractivity contribution in [3.8, 4) is 0 Å². The summed E-state index contributed by atoms with van der Waals surface area (Å²) >= 11 is 1.75. The number of thiophene rings is 1. The molecule has 0 N–H and O–H groups in total. The van der Waals surface area contributed by atoms with Crippen LogP contribution in [0, 0.1) is 0 Å². The molecule has 1 aromatic heterocycles. The highest BCUT2D eigenvalue weighted by atomic mass is 32.1. The number of hydrogen-bond donors (Lipinski definition) is 0. The lowest BCUT2D eigenvalue weighted by atomic mass is 10.2. The zero-order chi connectivity index (χ0) is 17.8. The van der Waals surface area contributed by atoms with Gasteiger partial charge in [-0.05, 0) is 44.2 Å². The number of benzene rings is 2. The van der Waals surface area contributed by atoms with Crippen molar-refractivity contribution < 1.29 is 4.43 Å². The van der Waals surface area contributed by atoms with Gasteiger partial charge in [-0.3, -0.25) is 0 Å². The molecule has 0 saturated carbocycles. The van der Waals surface area contributed by atoms with Crippen LogP contribution in [0.25, 0.3) is 0 Å². The van der Waals surface area contributed by atoms with E-state index in [1.165, 1.54) is 15.9 Å². The van der Waals surface area contributed by atoms with E-state index in [1.807, 2.05) is 0 Å². The third kappa shape index (κ3) is 3.79. The SMILES string of the molecule is CC(C)(C)[Si](OCCc1ccsc1)(c1ccccc1)c1ccccc1. The summed E-state index contributed by atoms with van der Waals surface area (Å²) in [4.78, 5) is 0. The monoisotopic (exact) mass is 366 g/mol. The molecule has 130 valence electrons. The summed E-state index contributed by atoms with van der Waals surface area (Å²) in [6.07, 6.45) is 0.966. The van der Waals surface area contributed by atoms with Crippen molar-refractivity contribution in [3.63, 3.8) is 0 Å². The van der Waals surface area contributed by atoms with E-state index in [-0.39, 0.29) is 5.04 Å². The van der Waals surface area contributed by atoms with Crippen LogP contribution in [0.3, 0.4) is 0 Å². The van der Waals surface area contributed by atoms with Crippen molar-refractivity contribution in [2.45, 2.75) is 32.2 Å². The number of rotatable bonds is 6. The summed E-state index contributed by atoms with van der Waals surface area (Å²) in [7, 11) is -2.38. The van der Waals surface area contributed by atoms with Crippen LogP contribution in [0.1, 0.15) is 26.3 Å². The molecule has 0 spiro atoms. The van der Waals surface area contributed by atoms with Gasteiger partial charge in [-0.25, -0.2) is 0 Å². The fraction of sp³-hybridized carbons (Fsp3) is 0.273. The quantitative estimate of drug-likeness (QED) is 0.566. The second kappa shape index (κ2) is 7.69. The van der Waals surface area contributed by atoms with Crippen LogP contribution in [0.15, 0.2) is 77.5 Å². The van der Waals surface area contributed by atoms with Crippen LogP contribution in [-0.2, 0) is 10.8 Å². The molecule has 3 rings (SSSR count). The Kier molecular flexibility index (Phi) is 5.57. The second-order valence-electron chi connectivity index (χ2n) is 7.39. The summed E-state index contributed by atoms with van der Waals surface area (Å²) in [6, 6.07) is 23.9. The van der Waals surface area contributed by atoms with Gasteiger partial charge >= 0.3 is 0 Å². The topological polar surface area (TPSA) is 9.23 Å². The minimum Gasteiger partial charge on any atom is -0.407 e. The van der Waals surface area contributed by atoms with Gasteiger partial charge in [0.25, 0.3) is 8.32 Å². The summed E-state index contributed by atoms with van der Waals surface area (Å²) in [6.45, 7) is 7.72. The third-order valence-corrected chi connectivity index (χ3v) is 10.5. The summed E-state index contributed by atoms with van der Waals surface area (Å²) in [5, 5.41) is 7.09. The molecule has 1 nitrogen and oxygen atoms in total. The molecule has 0 bridgehead atoms. The molecule has 3 heteroatoms. The van der Waals surface area contributed by atoms with Gasteiger partial charge in [-0.1, -0.05) is 81.4 Å². The largest absolute Gasteiger partial charge is 0.407 e. The van der Waals surface area contributed by atoms with Gasteiger partial charge in [0.1, 0.15) is 0 Å². The molecular formula is C22H26OSSi. The van der Waals surface area contributed by atoms with Gasteiger partial charge in [0, 0.05) is 6.61 Å². The second-order valence-corrected chi connectivity index (χ2v) is 12.5. The van der Waals surface area contributed by atoms with E-state index in [1.54, 1.807) is 11.3 Å². The molecule has 0 aliphatic heterocycles. The van der Waals surface area contributed by atoms with Crippen LogP contribution in [0.5, 0.6) is 0 Å². The zero-order valence-corrected chi connectivity index (χ0v) is 17.1. The molecule has 0 amide bonds. The summed E-state index contributed by atoms with van der Waals surface area (Å²) < 4.78 is 6.88. The van der Waals surface area contributed by atoms with Gasteiger partial charge in [-0.15, -0.1) is 0 Å². The van der Waals surface area contributed by atoms with Crippen molar-refractivity contribution in [2.75, 3.05) is 6.61 Å². The van der Waals surface area contributed by atoms with Gasteiger partial charge in [0.05, 0.1) is 0 Å². The number of hydrogen-bond acceptors (Lipinski definition) is 2. The van der Waals surface area contributed by atoms with Crippen molar-refractivity contribution in [2.24, 2.45) is 0 Å². The highest BCUT2D eigenvalue weighted by Crippen LogP contribution is 2.36. The Balaban J connectivity index is 2.02. The maximum Gasteiger partial charge on any atom is 0.261 e. The summed E-state index contributed by atoms with van der Waals surface area (Å²) in [5.41, 5.74) is 1.36. The normalized spacial score (nSPS) is 12.3. The lowest BCUT2D eigenvalue weighted by Crippen LogP contribution is -2.66. The van der Waals surface area contributed by atoms with E-state index in [4.69, 9.17) is 4.43 Å². The van der Waals surface area contributed by atoms with E-state index in [0.29, 0.717) is 0 Å². The fourth-order valence-electron chi connectivity index (χ4n) is 3.52. The molecule has 2 aromatic carbocycles. The van der Waals surface area contributed by atoms with Gasteiger partial charge < -0.3 is 4.43 Å². The maximum atomic E-state index is 6.88. The smallest absolute Gasteiger partial charge is 0.261 e. The standard InChI is InChI=1S/C22H26OSSi/c1-22(2,3)25(20-10-6-4-7-11-20,21-12-8-5-9-13-21)23-16-14-19-15-17-24-18-19/h4-13,15,17-18H,14,16H2,1-3H3. The Hall–Kier alpha value is -1.68. The molecule has 0 atom stereocenters. The van der Waals surface area contributed by atoms with Crippen LogP contribution >= 0.6 is 11.3 Å². The maximum absolute atomic E-state index is 6.88. The average Bonchev–Trinajstić information content (AvgIpc) is 3.13. The van der Waals surface area contributed by atoms with E-state index < -0.39 is 8.32 Å². The minimum atomic E-state index is -2.38. The first-order valence-corrected chi connectivity index (χ1v) is 11.7. The van der Waals surface area contributed by atoms with Crippen molar-refractivity contribution in [3.05, 3.63) is 83.1 Å². The molecular weight excluding hydrogens is 340 g/mol. The molecule has 3 aromatic rings. The Morgan fingerprint density at radius 3 is 1.84 bits per heavy atom. The van der Waals surface area contributed by atoms with E-state index in [9.17, 15) is 0 Å². The van der Waals surface area contributed by atoms with E-state index >= 15 is 0 Å². The predicted molar refractivity (Wildman–Crippen MR) is 112 cm³/mol. The predicted octanol–water partition coefficient (Wildman–Crippen LogP) is 4.87. The van der Waals surface area contributed by atoms with Crippen LogP contribution in [0.4, 0.5) is 0 Å². The molecule has 0 aliphatic rings. The minimum absolute atomic E-state index is 0.0460. The molecule has 1 heterocycles. The fourth-order valence-corrected chi connectivity index (χ4v) is 8.79. The zero-order valence-electron chi connectivity index (χ0n) is 15.2. The lowest BCUT2D eigenvalue weighted by molar-refractivity contribution is 0.302. The van der Waals surface area contributed by atoms with Crippen molar-refractivity contribution >= 4 is 30.0 Å². The molecule has 0 aliphatic carbocycles. The van der Waals surface area contributed by atoms with Gasteiger partial charge in [0.2, 0.25) is 0 Å². The van der Waals surface area contributed by atoms with E-state index in [2.05, 4.69) is 98.3 Å². The molecule has 0 saturated heterocycles. The van der Waals surface area contributed by atoms with E-state index in [0.717, 1.165) is 13.0 Å². The van der Waals surface area contributed by atoms with Crippen LogP contribution in [0.2, 0.25) is 5.04 Å². The Bertz CT molecular complexity index is 721.